The fourth-order valence-electron chi connectivity index (χ4n) is 2.62. The van der Waals surface area contributed by atoms with Crippen LogP contribution in [0.5, 0.6) is 0 Å². The van der Waals surface area contributed by atoms with Gasteiger partial charge < -0.3 is 5.32 Å². The highest BCUT2D eigenvalue weighted by atomic mass is 32.2. The first-order valence-electron chi connectivity index (χ1n) is 8.17. The van der Waals surface area contributed by atoms with Crippen molar-refractivity contribution in [1.29, 1.82) is 0 Å². The Labute approximate surface area is 167 Å². The lowest BCUT2D eigenvalue weighted by Gasteiger charge is -2.08. The lowest BCUT2D eigenvalue weighted by molar-refractivity contribution is -0.380. The number of imidazole rings is 1. The van der Waals surface area contributed by atoms with Gasteiger partial charge in [-0.3, -0.25) is 19.5 Å². The second kappa shape index (κ2) is 7.79. The number of nitrogens with zero attached hydrogens (tertiary/aromatic N) is 4. The number of hydrogen-bond donors (Lipinski definition) is 1. The van der Waals surface area contributed by atoms with Gasteiger partial charge in [0, 0.05) is 5.69 Å². The molecule has 10 heteroatoms. The number of rotatable bonds is 6. The third-order valence-corrected chi connectivity index (χ3v) is 5.60. The minimum absolute atomic E-state index is 0.101. The van der Waals surface area contributed by atoms with Crippen molar-refractivity contribution in [3.8, 4) is 5.69 Å². The Kier molecular flexibility index (Phi) is 5.04. The van der Waals surface area contributed by atoms with Crippen LogP contribution < -0.4 is 5.32 Å². The third-order valence-electron chi connectivity index (χ3n) is 3.80. The highest BCUT2D eigenvalue weighted by Crippen LogP contribution is 2.29. The van der Waals surface area contributed by atoms with Crippen LogP contribution in [0.25, 0.3) is 16.7 Å². The van der Waals surface area contributed by atoms with Gasteiger partial charge in [-0.2, -0.15) is 0 Å². The number of para-hydroxylation sites is 3. The molecule has 0 fully saturated rings. The van der Waals surface area contributed by atoms with E-state index in [0.717, 1.165) is 34.3 Å². The molecule has 0 radical (unpaired) electrons. The van der Waals surface area contributed by atoms with Crippen molar-refractivity contribution in [3.05, 3.63) is 70.9 Å². The van der Waals surface area contributed by atoms with Crippen LogP contribution >= 0.6 is 23.1 Å². The van der Waals surface area contributed by atoms with Crippen molar-refractivity contribution in [3.63, 3.8) is 0 Å². The second-order valence-electron chi connectivity index (χ2n) is 5.65. The number of hydrogen-bond acceptors (Lipinski definition) is 7. The summed E-state index contributed by atoms with van der Waals surface area (Å²) < 4.78 is 2.00. The monoisotopic (exact) mass is 411 g/mol. The number of carbonyl (C=O) groups is 1. The molecule has 1 amide bonds. The van der Waals surface area contributed by atoms with E-state index in [1.54, 1.807) is 0 Å². The number of thioether (sulfide) groups is 1. The summed E-state index contributed by atoms with van der Waals surface area (Å²) in [5.74, 6) is -0.204. The molecule has 8 nitrogen and oxygen atoms in total. The normalized spacial score (nSPS) is 10.9. The number of aromatic nitrogens is 3. The van der Waals surface area contributed by atoms with Gasteiger partial charge in [0.2, 0.25) is 5.91 Å². The number of carbonyl (C=O) groups excluding carboxylic acids is 1. The molecule has 0 atom stereocenters. The first-order chi connectivity index (χ1) is 13.6. The maximum Gasteiger partial charge on any atom is 0.345 e. The minimum Gasteiger partial charge on any atom is -0.301 e. The SMILES string of the molecule is O=C(CSc1nc2ccccc2n1-c1ccccc1)Nc1ncc([N+](=O)[O-])s1. The summed E-state index contributed by atoms with van der Waals surface area (Å²) >= 11 is 2.11. The van der Waals surface area contributed by atoms with Gasteiger partial charge in [0.05, 0.1) is 21.7 Å². The summed E-state index contributed by atoms with van der Waals surface area (Å²) in [6, 6.07) is 17.6. The summed E-state index contributed by atoms with van der Waals surface area (Å²) in [4.78, 5) is 30.9. The Hall–Kier alpha value is -3.24. The maximum absolute atomic E-state index is 12.3. The number of nitrogens with one attached hydrogen (secondary N) is 1. The first-order valence-corrected chi connectivity index (χ1v) is 9.98. The summed E-state index contributed by atoms with van der Waals surface area (Å²) in [5, 5.41) is 14.1. The zero-order chi connectivity index (χ0) is 19.5. The number of nitro groups is 1. The van der Waals surface area contributed by atoms with Gasteiger partial charge in [0.25, 0.3) is 0 Å². The smallest absolute Gasteiger partial charge is 0.301 e. The Bertz CT molecular complexity index is 1160. The van der Waals surface area contributed by atoms with Gasteiger partial charge in [-0.05, 0) is 35.6 Å². The average molecular weight is 411 g/mol. The summed E-state index contributed by atoms with van der Waals surface area (Å²) in [5.41, 5.74) is 2.74. The molecule has 0 aliphatic heterocycles. The number of thiazole rings is 1. The Morgan fingerprint density at radius 2 is 1.93 bits per heavy atom. The van der Waals surface area contributed by atoms with Crippen LogP contribution in [0.2, 0.25) is 0 Å². The molecule has 0 unspecified atom stereocenters. The molecule has 2 heterocycles. The van der Waals surface area contributed by atoms with E-state index >= 15 is 0 Å². The largest absolute Gasteiger partial charge is 0.345 e. The van der Waals surface area contributed by atoms with Crippen LogP contribution in [0.1, 0.15) is 0 Å². The topological polar surface area (TPSA) is 103 Å². The van der Waals surface area contributed by atoms with Crippen molar-refractivity contribution in [2.75, 3.05) is 11.1 Å². The summed E-state index contributed by atoms with van der Waals surface area (Å²) in [6.45, 7) is 0. The molecule has 140 valence electrons. The lowest BCUT2D eigenvalue weighted by atomic mass is 10.3. The Balaban J connectivity index is 1.54. The van der Waals surface area contributed by atoms with Gasteiger partial charge in [-0.25, -0.2) is 9.97 Å². The van der Waals surface area contributed by atoms with E-state index < -0.39 is 4.92 Å². The molecule has 0 spiro atoms. The second-order valence-corrected chi connectivity index (χ2v) is 7.60. The molecule has 0 saturated heterocycles. The van der Waals surface area contributed by atoms with Gasteiger partial charge in [-0.15, -0.1) is 0 Å². The molecule has 0 aliphatic rings. The van der Waals surface area contributed by atoms with E-state index in [1.165, 1.54) is 11.8 Å². The van der Waals surface area contributed by atoms with Gasteiger partial charge in [0.1, 0.15) is 6.20 Å². The zero-order valence-corrected chi connectivity index (χ0v) is 15.9. The van der Waals surface area contributed by atoms with E-state index in [4.69, 9.17) is 0 Å². The average Bonchev–Trinajstić information content (AvgIpc) is 3.31. The van der Waals surface area contributed by atoms with Crippen molar-refractivity contribution in [2.24, 2.45) is 0 Å². The lowest BCUT2D eigenvalue weighted by Crippen LogP contribution is -2.14. The van der Waals surface area contributed by atoms with Crippen molar-refractivity contribution in [2.45, 2.75) is 5.16 Å². The Morgan fingerprint density at radius 1 is 1.18 bits per heavy atom. The van der Waals surface area contributed by atoms with Crippen molar-refractivity contribution < 1.29 is 9.72 Å². The maximum atomic E-state index is 12.3. The predicted octanol–water partition coefficient (Wildman–Crippen LogP) is 4.12. The van der Waals surface area contributed by atoms with E-state index in [-0.39, 0.29) is 21.8 Å². The van der Waals surface area contributed by atoms with E-state index in [1.807, 2.05) is 59.2 Å². The molecule has 0 bridgehead atoms. The first kappa shape index (κ1) is 18.1. The number of anilines is 1. The van der Waals surface area contributed by atoms with Crippen LogP contribution in [-0.2, 0) is 4.79 Å². The fraction of sp³-hybridized carbons (Fsp3) is 0.0556. The number of fused-ring (bicyclic) bond motifs is 1. The molecule has 1 N–H and O–H groups in total. The molecule has 28 heavy (non-hydrogen) atoms. The quantitative estimate of drug-likeness (QED) is 0.291. The predicted molar refractivity (Wildman–Crippen MR) is 109 cm³/mol. The van der Waals surface area contributed by atoms with Crippen LogP contribution in [-0.4, -0.2) is 31.1 Å². The van der Waals surface area contributed by atoms with Crippen LogP contribution in [0.3, 0.4) is 0 Å². The number of amides is 1. The highest BCUT2D eigenvalue weighted by molar-refractivity contribution is 7.99. The molecule has 4 aromatic rings. The third kappa shape index (κ3) is 3.73. The molecular weight excluding hydrogens is 398 g/mol. The van der Waals surface area contributed by atoms with Crippen molar-refractivity contribution >= 4 is 50.2 Å². The summed E-state index contributed by atoms with van der Waals surface area (Å²) in [7, 11) is 0. The minimum atomic E-state index is -0.537. The standard InChI is InChI=1S/C18H13N5O3S2/c24-15(21-17-19-10-16(28-17)23(25)26)11-27-18-20-13-8-4-5-9-14(13)22(18)12-6-2-1-3-7-12/h1-10H,11H2,(H,19,21,24). The molecule has 2 aromatic heterocycles. The molecule has 2 aromatic carbocycles. The van der Waals surface area contributed by atoms with Gasteiger partial charge >= 0.3 is 5.00 Å². The van der Waals surface area contributed by atoms with Gasteiger partial charge in [-0.1, -0.05) is 42.1 Å². The van der Waals surface area contributed by atoms with E-state index in [9.17, 15) is 14.9 Å². The van der Waals surface area contributed by atoms with Gasteiger partial charge in [0.15, 0.2) is 10.3 Å². The zero-order valence-electron chi connectivity index (χ0n) is 14.3. The molecular formula is C18H13N5O3S2. The highest BCUT2D eigenvalue weighted by Gasteiger charge is 2.16. The molecule has 0 aliphatic carbocycles. The van der Waals surface area contributed by atoms with E-state index in [2.05, 4.69) is 15.3 Å². The van der Waals surface area contributed by atoms with Crippen molar-refractivity contribution in [1.82, 2.24) is 14.5 Å². The van der Waals surface area contributed by atoms with E-state index in [0.29, 0.717) is 5.16 Å². The van der Waals surface area contributed by atoms with Crippen LogP contribution in [0.15, 0.2) is 66.0 Å². The van der Waals surface area contributed by atoms with Crippen LogP contribution in [0.4, 0.5) is 10.1 Å². The Morgan fingerprint density at radius 3 is 2.68 bits per heavy atom. The molecule has 0 saturated carbocycles. The van der Waals surface area contributed by atoms with Crippen LogP contribution in [0, 0.1) is 10.1 Å². The fourth-order valence-corrected chi connectivity index (χ4v) is 4.10. The summed E-state index contributed by atoms with van der Waals surface area (Å²) in [6.07, 6.45) is 1.13. The molecule has 4 rings (SSSR count). The number of benzene rings is 2.